The predicted octanol–water partition coefficient (Wildman–Crippen LogP) is 4.60. The average molecular weight is 489 g/mol. The first-order valence-electron chi connectivity index (χ1n) is 10.9. The summed E-state index contributed by atoms with van der Waals surface area (Å²) in [5.41, 5.74) is 2.38. The monoisotopic (exact) mass is 488 g/mol. The highest BCUT2D eigenvalue weighted by Crippen LogP contribution is 2.34. The third-order valence-corrected chi connectivity index (χ3v) is 7.00. The van der Waals surface area contributed by atoms with Gasteiger partial charge in [-0.25, -0.2) is 9.79 Å². The molecule has 5 nitrogen and oxygen atoms in total. The highest BCUT2D eigenvalue weighted by atomic mass is 35.5. The molecular formula is C27H21ClN2O3S. The molecule has 0 fully saturated rings. The van der Waals surface area contributed by atoms with Gasteiger partial charge in [-0.3, -0.25) is 9.36 Å². The van der Waals surface area contributed by atoms with E-state index in [1.54, 1.807) is 36.6 Å². The van der Waals surface area contributed by atoms with E-state index >= 15 is 0 Å². The maximum atomic E-state index is 13.7. The van der Waals surface area contributed by atoms with Crippen LogP contribution in [-0.4, -0.2) is 17.1 Å². The van der Waals surface area contributed by atoms with Gasteiger partial charge in [-0.05, 0) is 54.0 Å². The van der Waals surface area contributed by atoms with Gasteiger partial charge in [-0.1, -0.05) is 77.5 Å². The van der Waals surface area contributed by atoms with E-state index in [4.69, 9.17) is 16.3 Å². The molecule has 2 heterocycles. The summed E-state index contributed by atoms with van der Waals surface area (Å²) in [4.78, 5) is 32.0. The van der Waals surface area contributed by atoms with Crippen molar-refractivity contribution in [2.24, 2.45) is 4.99 Å². The molecule has 170 valence electrons. The van der Waals surface area contributed by atoms with Crippen LogP contribution < -0.4 is 14.9 Å². The minimum atomic E-state index is -0.650. The molecule has 0 N–H and O–H groups in total. The lowest BCUT2D eigenvalue weighted by molar-refractivity contribution is -0.139. The fourth-order valence-electron chi connectivity index (χ4n) is 4.32. The van der Waals surface area contributed by atoms with E-state index in [0.29, 0.717) is 25.6 Å². The van der Waals surface area contributed by atoms with E-state index in [2.05, 4.69) is 4.99 Å². The molecule has 3 aromatic carbocycles. The van der Waals surface area contributed by atoms with Gasteiger partial charge in [-0.15, -0.1) is 0 Å². The van der Waals surface area contributed by atoms with Crippen LogP contribution in [0.4, 0.5) is 0 Å². The zero-order valence-electron chi connectivity index (χ0n) is 18.6. The maximum Gasteiger partial charge on any atom is 0.338 e. The molecule has 0 unspecified atom stereocenters. The number of benzene rings is 3. The minimum Gasteiger partial charge on any atom is -0.463 e. The molecule has 0 radical (unpaired) electrons. The number of esters is 1. The van der Waals surface area contributed by atoms with Crippen molar-refractivity contribution in [1.29, 1.82) is 0 Å². The number of carbonyl (C=O) groups is 1. The van der Waals surface area contributed by atoms with Crippen LogP contribution in [0, 0.1) is 0 Å². The van der Waals surface area contributed by atoms with Crippen molar-refractivity contribution in [3.8, 4) is 0 Å². The zero-order chi connectivity index (χ0) is 23.8. The van der Waals surface area contributed by atoms with Crippen LogP contribution in [0.1, 0.15) is 31.0 Å². The number of hydrogen-bond donors (Lipinski definition) is 0. The molecule has 34 heavy (non-hydrogen) atoms. The lowest BCUT2D eigenvalue weighted by Crippen LogP contribution is -2.40. The molecule has 1 aliphatic rings. The largest absolute Gasteiger partial charge is 0.463 e. The van der Waals surface area contributed by atoms with Gasteiger partial charge in [0.1, 0.15) is 0 Å². The van der Waals surface area contributed by atoms with Gasteiger partial charge in [0.25, 0.3) is 5.56 Å². The SMILES string of the molecule is CCOC(=O)C1=C(C)N=c2s/c(=C/c3cccc(Cl)c3)c(=O)n2[C@H]1c1cccc2ccccc12. The summed E-state index contributed by atoms with van der Waals surface area (Å²) < 4.78 is 7.53. The summed E-state index contributed by atoms with van der Waals surface area (Å²) in [6, 6.07) is 20.5. The summed E-state index contributed by atoms with van der Waals surface area (Å²) >= 11 is 7.43. The fraction of sp³-hybridized carbons (Fsp3) is 0.148. The number of nitrogens with zero attached hydrogens (tertiary/aromatic N) is 2. The fourth-order valence-corrected chi connectivity index (χ4v) is 5.57. The van der Waals surface area contributed by atoms with Crippen molar-refractivity contribution in [2.75, 3.05) is 6.61 Å². The summed E-state index contributed by atoms with van der Waals surface area (Å²) in [5.74, 6) is -0.467. The molecule has 1 atom stereocenters. The van der Waals surface area contributed by atoms with Crippen molar-refractivity contribution >= 4 is 45.8 Å². The molecule has 7 heteroatoms. The molecule has 0 saturated carbocycles. The summed E-state index contributed by atoms with van der Waals surface area (Å²) in [7, 11) is 0. The first kappa shape index (κ1) is 22.3. The first-order valence-corrected chi connectivity index (χ1v) is 12.1. The molecule has 0 amide bonds. The van der Waals surface area contributed by atoms with Crippen LogP contribution in [0.3, 0.4) is 0 Å². The number of ether oxygens (including phenoxy) is 1. The number of thiazole rings is 1. The minimum absolute atomic E-state index is 0.212. The van der Waals surface area contributed by atoms with Gasteiger partial charge < -0.3 is 4.74 Å². The van der Waals surface area contributed by atoms with Gasteiger partial charge in [0.2, 0.25) is 0 Å². The molecule has 0 aliphatic carbocycles. The highest BCUT2D eigenvalue weighted by molar-refractivity contribution is 7.07. The van der Waals surface area contributed by atoms with Crippen LogP contribution in [0.2, 0.25) is 5.02 Å². The topological polar surface area (TPSA) is 60.7 Å². The third-order valence-electron chi connectivity index (χ3n) is 5.78. The van der Waals surface area contributed by atoms with Crippen LogP contribution >= 0.6 is 22.9 Å². The van der Waals surface area contributed by atoms with E-state index in [9.17, 15) is 9.59 Å². The second-order valence-corrected chi connectivity index (χ2v) is 9.37. The first-order chi connectivity index (χ1) is 16.5. The van der Waals surface area contributed by atoms with Crippen LogP contribution in [0.15, 0.2) is 87.8 Å². The summed E-state index contributed by atoms with van der Waals surface area (Å²) in [6.45, 7) is 3.79. The quantitative estimate of drug-likeness (QED) is 0.394. The Morgan fingerprint density at radius 3 is 2.71 bits per heavy atom. The molecule has 0 bridgehead atoms. The van der Waals surface area contributed by atoms with Crippen molar-refractivity contribution in [2.45, 2.75) is 19.9 Å². The Kier molecular flexibility index (Phi) is 5.94. The Bertz CT molecular complexity index is 1640. The second-order valence-electron chi connectivity index (χ2n) is 7.93. The third kappa shape index (κ3) is 3.89. The molecule has 0 spiro atoms. The Labute approximate surface area is 204 Å². The number of fused-ring (bicyclic) bond motifs is 2. The van der Waals surface area contributed by atoms with Gasteiger partial charge in [0.05, 0.1) is 28.5 Å². The lowest BCUT2D eigenvalue weighted by atomic mass is 9.91. The van der Waals surface area contributed by atoms with Gasteiger partial charge in [0.15, 0.2) is 4.80 Å². The summed E-state index contributed by atoms with van der Waals surface area (Å²) in [5, 5.41) is 2.59. The Morgan fingerprint density at radius 1 is 1.15 bits per heavy atom. The van der Waals surface area contributed by atoms with E-state index in [0.717, 1.165) is 21.9 Å². The molecule has 1 aromatic heterocycles. The second kappa shape index (κ2) is 9.05. The normalized spacial score (nSPS) is 15.9. The number of carbonyl (C=O) groups excluding carboxylic acids is 1. The number of aromatic nitrogens is 1. The standard InChI is InChI=1S/C27H21ClN2O3S/c1-3-33-26(32)23-16(2)29-27-30(24(23)21-13-7-10-18-9-4-5-12-20(18)21)25(31)22(34-27)15-17-8-6-11-19(28)14-17/h4-15,24H,3H2,1-2H3/b22-15+/t24-/m0/s1. The van der Waals surface area contributed by atoms with E-state index in [-0.39, 0.29) is 12.2 Å². The number of allylic oxidation sites excluding steroid dienone is 1. The van der Waals surface area contributed by atoms with Crippen molar-refractivity contribution in [1.82, 2.24) is 4.57 Å². The lowest BCUT2D eigenvalue weighted by Gasteiger charge is -2.25. The van der Waals surface area contributed by atoms with Crippen LogP contribution in [-0.2, 0) is 9.53 Å². The Morgan fingerprint density at radius 2 is 1.91 bits per heavy atom. The molecular weight excluding hydrogens is 468 g/mol. The molecule has 5 rings (SSSR count). The number of halogens is 1. The van der Waals surface area contributed by atoms with Crippen LogP contribution in [0.25, 0.3) is 16.8 Å². The van der Waals surface area contributed by atoms with Gasteiger partial charge in [-0.2, -0.15) is 0 Å². The van der Waals surface area contributed by atoms with Crippen LogP contribution in [0.5, 0.6) is 0 Å². The van der Waals surface area contributed by atoms with Crippen molar-refractivity contribution in [3.63, 3.8) is 0 Å². The smallest absolute Gasteiger partial charge is 0.338 e. The Hall–Kier alpha value is -3.48. The van der Waals surface area contributed by atoms with E-state index in [1.165, 1.54) is 11.3 Å². The predicted molar refractivity (Wildman–Crippen MR) is 136 cm³/mol. The highest BCUT2D eigenvalue weighted by Gasteiger charge is 2.34. The maximum absolute atomic E-state index is 13.7. The van der Waals surface area contributed by atoms with Crippen molar-refractivity contribution < 1.29 is 9.53 Å². The molecule has 4 aromatic rings. The van der Waals surface area contributed by atoms with E-state index in [1.807, 2.05) is 54.6 Å². The average Bonchev–Trinajstić information content (AvgIpc) is 3.12. The number of hydrogen-bond acceptors (Lipinski definition) is 5. The Balaban J connectivity index is 1.81. The zero-order valence-corrected chi connectivity index (χ0v) is 20.2. The van der Waals surface area contributed by atoms with Gasteiger partial charge >= 0.3 is 5.97 Å². The summed E-state index contributed by atoms with van der Waals surface area (Å²) in [6.07, 6.45) is 1.80. The molecule has 1 aliphatic heterocycles. The number of rotatable bonds is 4. The van der Waals surface area contributed by atoms with Crippen molar-refractivity contribution in [3.05, 3.63) is 114 Å². The molecule has 0 saturated heterocycles. The van der Waals surface area contributed by atoms with Gasteiger partial charge in [0, 0.05) is 5.02 Å². The van der Waals surface area contributed by atoms with E-state index < -0.39 is 12.0 Å².